The van der Waals surface area contributed by atoms with E-state index < -0.39 is 5.97 Å². The summed E-state index contributed by atoms with van der Waals surface area (Å²) in [5.74, 6) is 0.196. The fourth-order valence-corrected chi connectivity index (χ4v) is 1.60. The molecule has 0 fully saturated rings. The molecule has 1 aromatic carbocycles. The van der Waals surface area contributed by atoms with E-state index in [0.29, 0.717) is 18.1 Å². The van der Waals surface area contributed by atoms with Crippen LogP contribution in [0, 0.1) is 0 Å². The number of carbonyl (C=O) groups is 1. The minimum Gasteiger partial charge on any atom is -0.487 e. The normalized spacial score (nSPS) is 10.4. The smallest absolute Gasteiger partial charge is 0.330 e. The number of hydrogen-bond acceptors (Lipinski definition) is 4. The molecule has 0 radical (unpaired) electrons. The molecule has 0 N–H and O–H groups in total. The lowest BCUT2D eigenvalue weighted by Gasteiger charge is -2.08. The molecule has 0 saturated heterocycles. The number of ether oxygens (including phenoxy) is 2. The Kier molecular flexibility index (Phi) is 4.89. The Morgan fingerprint density at radius 2 is 2.00 bits per heavy atom. The number of nitrogens with zero attached hydrogens (tertiary/aromatic N) is 1. The van der Waals surface area contributed by atoms with E-state index in [1.807, 2.05) is 36.4 Å². The molecular weight excluding hydrogens is 254 g/mol. The van der Waals surface area contributed by atoms with Crippen molar-refractivity contribution in [2.75, 3.05) is 7.11 Å². The van der Waals surface area contributed by atoms with Crippen LogP contribution in [0.3, 0.4) is 0 Å². The summed E-state index contributed by atoms with van der Waals surface area (Å²) in [6, 6.07) is 13.4. The molecule has 2 aromatic rings. The SMILES string of the molecule is COC(=O)/C=C/c1ncccc1OCc1ccccc1. The summed E-state index contributed by atoms with van der Waals surface area (Å²) in [7, 11) is 1.33. The van der Waals surface area contributed by atoms with Crippen molar-refractivity contribution in [1.29, 1.82) is 0 Å². The van der Waals surface area contributed by atoms with Crippen molar-refractivity contribution in [1.82, 2.24) is 4.98 Å². The molecule has 2 rings (SSSR count). The van der Waals surface area contributed by atoms with Crippen molar-refractivity contribution in [3.8, 4) is 5.75 Å². The lowest BCUT2D eigenvalue weighted by molar-refractivity contribution is -0.134. The van der Waals surface area contributed by atoms with E-state index in [2.05, 4.69) is 9.72 Å². The van der Waals surface area contributed by atoms with Gasteiger partial charge in [-0.05, 0) is 23.8 Å². The van der Waals surface area contributed by atoms with Gasteiger partial charge in [0.2, 0.25) is 0 Å². The number of pyridine rings is 1. The number of rotatable bonds is 5. The van der Waals surface area contributed by atoms with E-state index in [4.69, 9.17) is 4.74 Å². The maximum absolute atomic E-state index is 11.1. The monoisotopic (exact) mass is 269 g/mol. The van der Waals surface area contributed by atoms with Gasteiger partial charge in [-0.3, -0.25) is 4.98 Å². The number of carbonyl (C=O) groups excluding carboxylic acids is 1. The molecule has 0 aliphatic carbocycles. The molecule has 0 amide bonds. The third-order valence-corrected chi connectivity index (χ3v) is 2.62. The minimum atomic E-state index is -0.426. The predicted octanol–water partition coefficient (Wildman–Crippen LogP) is 2.85. The second-order valence-electron chi connectivity index (χ2n) is 4.02. The van der Waals surface area contributed by atoms with Gasteiger partial charge in [-0.25, -0.2) is 4.79 Å². The van der Waals surface area contributed by atoms with E-state index in [9.17, 15) is 4.79 Å². The second kappa shape index (κ2) is 7.09. The van der Waals surface area contributed by atoms with Gasteiger partial charge < -0.3 is 9.47 Å². The van der Waals surface area contributed by atoms with Gasteiger partial charge in [0.15, 0.2) is 0 Å². The lowest BCUT2D eigenvalue weighted by atomic mass is 10.2. The molecule has 4 heteroatoms. The number of aromatic nitrogens is 1. The molecular formula is C16H15NO3. The molecule has 0 bridgehead atoms. The van der Waals surface area contributed by atoms with Crippen LogP contribution in [-0.2, 0) is 16.1 Å². The van der Waals surface area contributed by atoms with Crippen molar-refractivity contribution < 1.29 is 14.3 Å². The van der Waals surface area contributed by atoms with Gasteiger partial charge in [-0.15, -0.1) is 0 Å². The van der Waals surface area contributed by atoms with Gasteiger partial charge in [0.05, 0.1) is 7.11 Å². The quantitative estimate of drug-likeness (QED) is 0.618. The van der Waals surface area contributed by atoms with E-state index >= 15 is 0 Å². The van der Waals surface area contributed by atoms with Crippen LogP contribution in [0.25, 0.3) is 6.08 Å². The van der Waals surface area contributed by atoms with E-state index in [1.165, 1.54) is 13.2 Å². The third kappa shape index (κ3) is 3.95. The zero-order valence-electron chi connectivity index (χ0n) is 11.2. The molecule has 20 heavy (non-hydrogen) atoms. The summed E-state index contributed by atoms with van der Waals surface area (Å²) >= 11 is 0. The first-order valence-corrected chi connectivity index (χ1v) is 6.17. The van der Waals surface area contributed by atoms with Crippen LogP contribution < -0.4 is 4.74 Å². The zero-order chi connectivity index (χ0) is 14.2. The highest BCUT2D eigenvalue weighted by atomic mass is 16.5. The van der Waals surface area contributed by atoms with Crippen LogP contribution >= 0.6 is 0 Å². The molecule has 1 aromatic heterocycles. The van der Waals surface area contributed by atoms with Crippen LogP contribution in [0.1, 0.15) is 11.3 Å². The van der Waals surface area contributed by atoms with Gasteiger partial charge in [-0.2, -0.15) is 0 Å². The van der Waals surface area contributed by atoms with Crippen molar-refractivity contribution in [3.63, 3.8) is 0 Å². The van der Waals surface area contributed by atoms with E-state index in [0.717, 1.165) is 5.56 Å². The summed E-state index contributed by atoms with van der Waals surface area (Å²) in [5, 5.41) is 0. The number of benzene rings is 1. The molecule has 0 aliphatic rings. The fourth-order valence-electron chi connectivity index (χ4n) is 1.60. The summed E-state index contributed by atoms with van der Waals surface area (Å²) in [6.45, 7) is 0.450. The average molecular weight is 269 g/mol. The van der Waals surface area contributed by atoms with Crippen LogP contribution in [0.4, 0.5) is 0 Å². The molecule has 1 heterocycles. The Bertz CT molecular complexity index is 594. The van der Waals surface area contributed by atoms with Gasteiger partial charge in [0, 0.05) is 12.3 Å². The second-order valence-corrected chi connectivity index (χ2v) is 4.02. The number of esters is 1. The predicted molar refractivity (Wildman–Crippen MR) is 76.1 cm³/mol. The number of methoxy groups -OCH3 is 1. The first-order valence-electron chi connectivity index (χ1n) is 6.17. The Morgan fingerprint density at radius 3 is 2.75 bits per heavy atom. The largest absolute Gasteiger partial charge is 0.487 e. The molecule has 102 valence electrons. The summed E-state index contributed by atoms with van der Waals surface area (Å²) in [5.41, 5.74) is 1.66. The molecule has 0 aliphatic heterocycles. The fraction of sp³-hybridized carbons (Fsp3) is 0.125. The topological polar surface area (TPSA) is 48.4 Å². The molecule has 0 atom stereocenters. The zero-order valence-corrected chi connectivity index (χ0v) is 11.2. The first kappa shape index (κ1) is 13.8. The van der Waals surface area contributed by atoms with Crippen molar-refractivity contribution in [2.45, 2.75) is 6.61 Å². The number of hydrogen-bond donors (Lipinski definition) is 0. The first-order chi connectivity index (χ1) is 9.79. The molecule has 4 nitrogen and oxygen atoms in total. The average Bonchev–Trinajstić information content (AvgIpc) is 2.52. The maximum atomic E-state index is 11.1. The van der Waals surface area contributed by atoms with Crippen LogP contribution in [0.15, 0.2) is 54.7 Å². The van der Waals surface area contributed by atoms with Gasteiger partial charge >= 0.3 is 5.97 Å². The van der Waals surface area contributed by atoms with Gasteiger partial charge in [0.25, 0.3) is 0 Å². The Morgan fingerprint density at radius 1 is 1.20 bits per heavy atom. The highest BCUT2D eigenvalue weighted by Crippen LogP contribution is 2.18. The van der Waals surface area contributed by atoms with Crippen LogP contribution in [0.5, 0.6) is 5.75 Å². The Labute approximate surface area is 117 Å². The third-order valence-electron chi connectivity index (χ3n) is 2.62. The highest BCUT2D eigenvalue weighted by Gasteiger charge is 2.03. The Hall–Kier alpha value is -2.62. The van der Waals surface area contributed by atoms with Crippen LogP contribution in [0.2, 0.25) is 0 Å². The van der Waals surface area contributed by atoms with Gasteiger partial charge in [-0.1, -0.05) is 30.3 Å². The highest BCUT2D eigenvalue weighted by molar-refractivity contribution is 5.87. The van der Waals surface area contributed by atoms with Crippen molar-refractivity contribution >= 4 is 12.0 Å². The van der Waals surface area contributed by atoms with Gasteiger partial charge in [0.1, 0.15) is 18.1 Å². The maximum Gasteiger partial charge on any atom is 0.330 e. The summed E-state index contributed by atoms with van der Waals surface area (Å²) < 4.78 is 10.3. The standard InChI is InChI=1S/C16H15NO3/c1-19-16(18)10-9-14-15(8-5-11-17-14)20-12-13-6-3-2-4-7-13/h2-11H,12H2,1H3/b10-9+. The van der Waals surface area contributed by atoms with Crippen LogP contribution in [-0.4, -0.2) is 18.1 Å². The molecule has 0 unspecified atom stereocenters. The molecule has 0 spiro atoms. The van der Waals surface area contributed by atoms with E-state index in [1.54, 1.807) is 18.3 Å². The lowest BCUT2D eigenvalue weighted by Crippen LogP contribution is -1.98. The summed E-state index contributed by atoms with van der Waals surface area (Å²) in [4.78, 5) is 15.3. The van der Waals surface area contributed by atoms with Crippen molar-refractivity contribution in [3.05, 3.63) is 66.0 Å². The summed E-state index contributed by atoms with van der Waals surface area (Å²) in [6.07, 6.45) is 4.54. The molecule has 0 saturated carbocycles. The van der Waals surface area contributed by atoms with Crippen molar-refractivity contribution in [2.24, 2.45) is 0 Å². The Balaban J connectivity index is 2.08. The van der Waals surface area contributed by atoms with E-state index in [-0.39, 0.29) is 0 Å². The minimum absolute atomic E-state index is 0.426.